The van der Waals surface area contributed by atoms with Crippen molar-refractivity contribution in [3.8, 4) is 0 Å². The Bertz CT molecular complexity index is 1770. The summed E-state index contributed by atoms with van der Waals surface area (Å²) in [7, 11) is 0. The first-order valence-corrected chi connectivity index (χ1v) is 28.9. The van der Waals surface area contributed by atoms with Gasteiger partial charge >= 0.3 is 0 Å². The van der Waals surface area contributed by atoms with Crippen LogP contribution in [0, 0.1) is 0 Å². The van der Waals surface area contributed by atoms with Gasteiger partial charge in [0.15, 0.2) is 6.29 Å². The van der Waals surface area contributed by atoms with Gasteiger partial charge in [0.05, 0.1) is 25.4 Å². The normalized spacial score (nSPS) is 20.2. The molecule has 9 nitrogen and oxygen atoms in total. The number of hydrogen-bond acceptors (Lipinski definition) is 8. The number of rotatable bonds is 46. The molecule has 420 valence electrons. The van der Waals surface area contributed by atoms with Gasteiger partial charge in [-0.3, -0.25) is 4.79 Å². The molecule has 1 rings (SSSR count). The fourth-order valence-corrected chi connectivity index (χ4v) is 7.72. The monoisotopic (exact) mass is 1040 g/mol. The van der Waals surface area contributed by atoms with Crippen LogP contribution < -0.4 is 5.32 Å². The maximum Gasteiger partial charge on any atom is 0.220 e. The number of hydrogen-bond donors (Lipinski definition) is 6. The highest BCUT2D eigenvalue weighted by Crippen LogP contribution is 2.22. The number of unbranched alkanes of at least 4 members (excludes halogenated alkanes) is 10. The summed E-state index contributed by atoms with van der Waals surface area (Å²) in [5.41, 5.74) is 0. The molecule has 9 heteroatoms. The van der Waals surface area contributed by atoms with Crippen molar-refractivity contribution in [1.82, 2.24) is 5.32 Å². The van der Waals surface area contributed by atoms with Gasteiger partial charge in [0.25, 0.3) is 0 Å². The Morgan fingerprint density at radius 3 is 1.27 bits per heavy atom. The van der Waals surface area contributed by atoms with E-state index in [0.29, 0.717) is 12.8 Å². The zero-order valence-corrected chi connectivity index (χ0v) is 46.5. The molecular weight excluding hydrogens is 935 g/mol. The van der Waals surface area contributed by atoms with Crippen LogP contribution in [0.2, 0.25) is 0 Å². The summed E-state index contributed by atoms with van der Waals surface area (Å²) in [6, 6.07) is -0.859. The summed E-state index contributed by atoms with van der Waals surface area (Å²) < 4.78 is 11.2. The van der Waals surface area contributed by atoms with E-state index in [1.165, 1.54) is 32.1 Å². The Labute approximate surface area is 456 Å². The number of aliphatic hydroxyl groups excluding tert-OH is 5. The molecule has 1 heterocycles. The Morgan fingerprint density at radius 2 is 0.840 bits per heavy atom. The third-order valence-corrected chi connectivity index (χ3v) is 12.3. The van der Waals surface area contributed by atoms with E-state index in [0.717, 1.165) is 116 Å². The van der Waals surface area contributed by atoms with Crippen LogP contribution in [0.5, 0.6) is 0 Å². The third kappa shape index (κ3) is 42.4. The number of nitrogens with one attached hydrogen (secondary N) is 1. The van der Waals surface area contributed by atoms with Crippen LogP contribution in [0.15, 0.2) is 170 Å². The van der Waals surface area contributed by atoms with Gasteiger partial charge in [-0.15, -0.1) is 0 Å². The van der Waals surface area contributed by atoms with Gasteiger partial charge in [0, 0.05) is 6.42 Å². The summed E-state index contributed by atoms with van der Waals surface area (Å²) in [6.45, 7) is 3.58. The van der Waals surface area contributed by atoms with Crippen molar-refractivity contribution in [2.24, 2.45) is 0 Å². The smallest absolute Gasteiger partial charge is 0.220 e. The van der Waals surface area contributed by atoms with Gasteiger partial charge in [-0.25, -0.2) is 0 Å². The number of carbonyl (C=O) groups is 1. The summed E-state index contributed by atoms with van der Waals surface area (Å²) in [6.07, 6.45) is 78.4. The van der Waals surface area contributed by atoms with E-state index in [1.54, 1.807) is 6.08 Å². The van der Waals surface area contributed by atoms with Gasteiger partial charge < -0.3 is 40.3 Å². The molecule has 1 fully saturated rings. The minimum atomic E-state index is -1.59. The Kier molecular flexibility index (Phi) is 48.4. The molecule has 0 spiro atoms. The van der Waals surface area contributed by atoms with E-state index in [2.05, 4.69) is 177 Å². The zero-order valence-electron chi connectivity index (χ0n) is 46.5. The van der Waals surface area contributed by atoms with Crippen molar-refractivity contribution in [3.05, 3.63) is 170 Å². The fourth-order valence-electron chi connectivity index (χ4n) is 7.72. The molecule has 0 bridgehead atoms. The molecule has 0 aliphatic carbocycles. The lowest BCUT2D eigenvalue weighted by molar-refractivity contribution is -0.302. The average Bonchev–Trinajstić information content (AvgIpc) is 3.41. The highest BCUT2D eigenvalue weighted by Gasteiger charge is 2.44. The van der Waals surface area contributed by atoms with Gasteiger partial charge in [-0.1, -0.05) is 216 Å². The number of ether oxygens (including phenoxy) is 2. The lowest BCUT2D eigenvalue weighted by Crippen LogP contribution is -2.60. The molecule has 75 heavy (non-hydrogen) atoms. The number of amides is 1. The van der Waals surface area contributed by atoms with Crippen molar-refractivity contribution in [2.45, 2.75) is 224 Å². The van der Waals surface area contributed by atoms with E-state index in [4.69, 9.17) is 9.47 Å². The molecule has 0 aromatic carbocycles. The van der Waals surface area contributed by atoms with E-state index in [1.807, 2.05) is 6.08 Å². The molecular formula is C66H103NO8. The van der Waals surface area contributed by atoms with E-state index in [9.17, 15) is 30.3 Å². The van der Waals surface area contributed by atoms with Crippen LogP contribution in [0.4, 0.5) is 0 Å². The first-order chi connectivity index (χ1) is 36.8. The molecule has 7 atom stereocenters. The van der Waals surface area contributed by atoms with Crippen LogP contribution in [0.3, 0.4) is 0 Å². The maximum atomic E-state index is 13.0. The standard InChI is InChI=1S/C66H103NO8/c1-3-5-7-9-11-13-15-17-19-20-21-22-23-24-25-26-27-28-29-30-31-32-33-34-35-36-37-38-39-40-42-44-46-48-50-52-54-56-62(70)67-59(58-74-66-65(73)64(72)63(71)61(57-68)75-66)60(69)55-53-51-49-47-45-43-41-18-16-14-12-10-8-6-4-2/h5,7,11,13,16-19,21-22,24-25,27-28,30-31,33-34,36-37,39-40,44-47,53,55,59-61,63-66,68-69,71-73H,3-4,6,8-10,12,14-15,20,23,26,29,32,35,38,41-43,48-52,54,56-58H2,1-2H3,(H,67,70)/b7-5-,13-11-,18-16+,19-17-,22-21-,25-24-,28-27-,31-30-,34-33-,37-36-,40-39-,46-44-,47-45+,55-53+. The summed E-state index contributed by atoms with van der Waals surface area (Å²) in [4.78, 5) is 13.0. The second-order valence-corrected chi connectivity index (χ2v) is 19.0. The first-order valence-electron chi connectivity index (χ1n) is 28.9. The van der Waals surface area contributed by atoms with Crippen molar-refractivity contribution < 1.29 is 39.8 Å². The van der Waals surface area contributed by atoms with E-state index < -0.39 is 49.5 Å². The van der Waals surface area contributed by atoms with Gasteiger partial charge in [0.2, 0.25) is 5.91 Å². The minimum absolute atomic E-state index is 0.231. The van der Waals surface area contributed by atoms with Crippen LogP contribution in [-0.4, -0.2) is 87.5 Å². The number of carbonyl (C=O) groups excluding carboxylic acids is 1. The Hall–Kier alpha value is -4.45. The summed E-state index contributed by atoms with van der Waals surface area (Å²) in [5.74, 6) is -0.232. The fraction of sp³-hybridized carbons (Fsp3) is 0.561. The van der Waals surface area contributed by atoms with Crippen LogP contribution >= 0.6 is 0 Å². The number of allylic oxidation sites excluding steroid dienone is 27. The molecule has 1 aliphatic heterocycles. The summed E-state index contributed by atoms with van der Waals surface area (Å²) in [5, 5.41) is 54.3. The van der Waals surface area contributed by atoms with Gasteiger partial charge in [0.1, 0.15) is 24.4 Å². The lowest BCUT2D eigenvalue weighted by atomic mass is 9.99. The second-order valence-electron chi connectivity index (χ2n) is 19.0. The first kappa shape index (κ1) is 68.6. The van der Waals surface area contributed by atoms with Crippen molar-refractivity contribution >= 4 is 5.91 Å². The zero-order chi connectivity index (χ0) is 54.3. The highest BCUT2D eigenvalue weighted by molar-refractivity contribution is 5.76. The second kappa shape index (κ2) is 53.0. The minimum Gasteiger partial charge on any atom is -0.394 e. The lowest BCUT2D eigenvalue weighted by Gasteiger charge is -2.40. The van der Waals surface area contributed by atoms with Crippen LogP contribution in [0.1, 0.15) is 181 Å². The molecule has 7 unspecified atom stereocenters. The SMILES string of the molecule is CC/C=C\C/C=C\C/C=C\C/C=C\C/C=C\C/C=C\C/C=C\C/C=C\C/C=C\C/C=C\C/C=C\CCCCCC(=O)NC(COC1OC(CO)C(O)C(O)C1O)C(O)/C=C/CC/C=C/CC/C=C/CCCCCCC. The highest BCUT2D eigenvalue weighted by atomic mass is 16.7. The van der Waals surface area contributed by atoms with E-state index >= 15 is 0 Å². The Morgan fingerprint density at radius 1 is 0.467 bits per heavy atom. The quantitative estimate of drug-likeness (QED) is 0.0261. The van der Waals surface area contributed by atoms with Crippen LogP contribution in [-0.2, 0) is 14.3 Å². The molecule has 0 saturated carbocycles. The predicted octanol–water partition coefficient (Wildman–Crippen LogP) is 14.6. The summed E-state index contributed by atoms with van der Waals surface area (Å²) >= 11 is 0. The number of aliphatic hydroxyl groups is 5. The largest absolute Gasteiger partial charge is 0.394 e. The van der Waals surface area contributed by atoms with Crippen molar-refractivity contribution in [3.63, 3.8) is 0 Å². The van der Waals surface area contributed by atoms with Crippen LogP contribution in [0.25, 0.3) is 0 Å². The van der Waals surface area contributed by atoms with E-state index in [-0.39, 0.29) is 18.9 Å². The van der Waals surface area contributed by atoms with Gasteiger partial charge in [-0.05, 0) is 128 Å². The molecule has 0 aromatic rings. The van der Waals surface area contributed by atoms with Crippen molar-refractivity contribution in [1.29, 1.82) is 0 Å². The van der Waals surface area contributed by atoms with Gasteiger partial charge in [-0.2, -0.15) is 0 Å². The molecule has 1 amide bonds. The maximum absolute atomic E-state index is 13.0. The molecule has 6 N–H and O–H groups in total. The molecule has 0 radical (unpaired) electrons. The molecule has 1 saturated heterocycles. The van der Waals surface area contributed by atoms with Crippen molar-refractivity contribution in [2.75, 3.05) is 13.2 Å². The average molecular weight is 1040 g/mol. The third-order valence-electron chi connectivity index (χ3n) is 12.3. The molecule has 1 aliphatic rings. The molecule has 0 aromatic heterocycles. The Balaban J connectivity index is 2.27. The predicted molar refractivity (Wildman–Crippen MR) is 317 cm³/mol. The topological polar surface area (TPSA) is 149 Å².